The molecule has 3 aromatic rings. The van der Waals surface area contributed by atoms with Crippen molar-refractivity contribution < 1.29 is 23.1 Å². The van der Waals surface area contributed by atoms with Crippen LogP contribution >= 0.6 is 11.6 Å². The summed E-state index contributed by atoms with van der Waals surface area (Å²) in [7, 11) is -4.09. The van der Waals surface area contributed by atoms with Crippen molar-refractivity contribution in [3.63, 3.8) is 0 Å². The molecule has 210 valence electrons. The van der Waals surface area contributed by atoms with Gasteiger partial charge in [-0.15, -0.1) is 0 Å². The van der Waals surface area contributed by atoms with E-state index >= 15 is 0 Å². The predicted octanol–water partition coefficient (Wildman–Crippen LogP) is 6.69. The largest absolute Gasteiger partial charge is 0.480 e. The van der Waals surface area contributed by atoms with Gasteiger partial charge in [0.25, 0.3) is 0 Å². The van der Waals surface area contributed by atoms with E-state index in [0.29, 0.717) is 16.8 Å². The minimum Gasteiger partial charge on any atom is -0.480 e. The maximum absolute atomic E-state index is 12.8. The van der Waals surface area contributed by atoms with Crippen LogP contribution in [0, 0.1) is 12.8 Å². The van der Waals surface area contributed by atoms with Crippen LogP contribution in [0.4, 0.5) is 5.69 Å². The number of carbonyl (C=O) groups is 2. The summed E-state index contributed by atoms with van der Waals surface area (Å²) in [6.45, 7) is 9.73. The molecule has 1 amide bonds. The number of rotatable bonds is 10. The highest BCUT2D eigenvalue weighted by Gasteiger charge is 2.27. The third-order valence-corrected chi connectivity index (χ3v) is 8.43. The summed E-state index contributed by atoms with van der Waals surface area (Å²) in [5.74, 6) is -0.520. The fraction of sp³-hybridized carbons (Fsp3) is 0.333. The summed E-state index contributed by atoms with van der Waals surface area (Å²) in [5.41, 5.74) is 3.41. The van der Waals surface area contributed by atoms with Gasteiger partial charge >= 0.3 is 5.97 Å². The first-order chi connectivity index (χ1) is 18.4. The molecule has 1 unspecified atom stereocenters. The molecule has 1 atom stereocenters. The number of anilines is 1. The standard InChI is InChI=1S/C24H23ClN2O5S.C6H14/c1-15-21(25)7-4-8-23(15)33(31,32)27-22(24(29)30)13-17-9-11-18(12-10-17)19-5-3-6-20(14-19)26-16(2)28;1-4-6(3)5-2/h3-12,14,22,27H,13H2,1-2H3,(H,26,28)(H,29,30);6H,4-5H2,1-3H3. The molecule has 0 aliphatic heterocycles. The molecule has 3 N–H and O–H groups in total. The second-order valence-electron chi connectivity index (χ2n) is 9.46. The number of benzene rings is 3. The zero-order valence-corrected chi connectivity index (χ0v) is 24.6. The smallest absolute Gasteiger partial charge is 0.322 e. The molecule has 0 aromatic heterocycles. The molecule has 0 bridgehead atoms. The number of sulfonamides is 1. The Labute approximate surface area is 236 Å². The zero-order valence-electron chi connectivity index (χ0n) is 23.0. The number of nitrogens with one attached hydrogen (secondary N) is 2. The van der Waals surface area contributed by atoms with Crippen LogP contribution in [0.5, 0.6) is 0 Å². The van der Waals surface area contributed by atoms with E-state index in [9.17, 15) is 23.1 Å². The van der Waals surface area contributed by atoms with Gasteiger partial charge in [0.15, 0.2) is 0 Å². The molecule has 9 heteroatoms. The summed E-state index contributed by atoms with van der Waals surface area (Å²) in [6.07, 6.45) is 2.62. The lowest BCUT2D eigenvalue weighted by Crippen LogP contribution is -2.42. The minimum absolute atomic E-state index is 0.0413. The minimum atomic E-state index is -4.09. The van der Waals surface area contributed by atoms with Crippen molar-refractivity contribution >= 4 is 39.2 Å². The van der Waals surface area contributed by atoms with Crippen molar-refractivity contribution in [2.45, 2.75) is 64.8 Å². The van der Waals surface area contributed by atoms with Gasteiger partial charge in [0.2, 0.25) is 15.9 Å². The second-order valence-corrected chi connectivity index (χ2v) is 11.5. The molecule has 0 saturated carbocycles. The van der Waals surface area contributed by atoms with E-state index in [1.807, 2.05) is 30.3 Å². The van der Waals surface area contributed by atoms with Gasteiger partial charge in [-0.3, -0.25) is 9.59 Å². The SMILES string of the molecule is CC(=O)Nc1cccc(-c2ccc(CC(NS(=O)(=O)c3cccc(Cl)c3C)C(=O)O)cc2)c1.CCC(C)CC. The van der Waals surface area contributed by atoms with Crippen molar-refractivity contribution in [1.82, 2.24) is 4.72 Å². The molecule has 0 saturated heterocycles. The first kappa shape index (κ1) is 32.0. The van der Waals surface area contributed by atoms with Crippen LogP contribution in [0.25, 0.3) is 11.1 Å². The normalized spacial score (nSPS) is 11.9. The molecule has 7 nitrogen and oxygen atoms in total. The molecular formula is C30H37ClN2O5S. The van der Waals surface area contributed by atoms with Gasteiger partial charge in [-0.25, -0.2) is 8.42 Å². The Morgan fingerprint density at radius 1 is 0.949 bits per heavy atom. The van der Waals surface area contributed by atoms with Crippen LogP contribution in [0.2, 0.25) is 5.02 Å². The third-order valence-electron chi connectivity index (χ3n) is 6.41. The first-order valence-electron chi connectivity index (χ1n) is 12.8. The van der Waals surface area contributed by atoms with Gasteiger partial charge in [0.1, 0.15) is 6.04 Å². The summed E-state index contributed by atoms with van der Waals surface area (Å²) in [6, 6.07) is 17.5. The number of carboxylic acids is 1. The Morgan fingerprint density at radius 3 is 2.10 bits per heavy atom. The van der Waals surface area contributed by atoms with Crippen LogP contribution in [0.15, 0.2) is 71.6 Å². The van der Waals surface area contributed by atoms with E-state index in [0.717, 1.165) is 17.0 Å². The van der Waals surface area contributed by atoms with E-state index in [4.69, 9.17) is 11.6 Å². The van der Waals surface area contributed by atoms with Crippen LogP contribution < -0.4 is 10.0 Å². The number of aliphatic carboxylic acids is 1. The number of amides is 1. The number of hydrogen-bond acceptors (Lipinski definition) is 4. The van der Waals surface area contributed by atoms with Gasteiger partial charge in [0, 0.05) is 17.6 Å². The van der Waals surface area contributed by atoms with Crippen molar-refractivity contribution in [2.24, 2.45) is 5.92 Å². The molecular weight excluding hydrogens is 536 g/mol. The van der Waals surface area contributed by atoms with Crippen molar-refractivity contribution in [3.05, 3.63) is 82.9 Å². The Kier molecular flexibility index (Phi) is 12.2. The molecule has 0 heterocycles. The molecule has 0 aliphatic rings. The van der Waals surface area contributed by atoms with Crippen LogP contribution in [-0.2, 0) is 26.0 Å². The molecule has 0 radical (unpaired) electrons. The number of carboxylic acid groups (broad SMARTS) is 1. The molecule has 0 aliphatic carbocycles. The predicted molar refractivity (Wildman–Crippen MR) is 158 cm³/mol. The Hall–Kier alpha value is -3.20. The number of carbonyl (C=O) groups excluding carboxylic acids is 1. The molecule has 3 rings (SSSR count). The quantitative estimate of drug-likeness (QED) is 0.250. The van der Waals surface area contributed by atoms with Crippen molar-refractivity contribution in [2.75, 3.05) is 5.32 Å². The lowest BCUT2D eigenvalue weighted by atomic mass is 10.0. The van der Waals surface area contributed by atoms with Crippen molar-refractivity contribution in [3.8, 4) is 11.1 Å². The van der Waals surface area contributed by atoms with Crippen molar-refractivity contribution in [1.29, 1.82) is 0 Å². The van der Waals surface area contributed by atoms with Crippen LogP contribution in [-0.4, -0.2) is 31.4 Å². The summed E-state index contributed by atoms with van der Waals surface area (Å²) in [4.78, 5) is 23.0. The third kappa shape index (κ3) is 9.80. The fourth-order valence-corrected chi connectivity index (χ4v) is 5.33. The van der Waals surface area contributed by atoms with Gasteiger partial charge < -0.3 is 10.4 Å². The van der Waals surface area contributed by atoms with E-state index in [1.165, 1.54) is 31.9 Å². The highest BCUT2D eigenvalue weighted by Crippen LogP contribution is 2.25. The van der Waals surface area contributed by atoms with Crippen LogP contribution in [0.3, 0.4) is 0 Å². The fourth-order valence-electron chi connectivity index (χ4n) is 3.65. The summed E-state index contributed by atoms with van der Waals surface area (Å²) < 4.78 is 27.9. The topological polar surface area (TPSA) is 113 Å². The van der Waals surface area contributed by atoms with E-state index in [-0.39, 0.29) is 22.2 Å². The van der Waals surface area contributed by atoms with Gasteiger partial charge in [-0.05, 0) is 65.8 Å². The van der Waals surface area contributed by atoms with E-state index in [1.54, 1.807) is 31.2 Å². The average molecular weight is 573 g/mol. The Balaban J connectivity index is 0.000000798. The van der Waals surface area contributed by atoms with Crippen LogP contribution in [0.1, 0.15) is 51.7 Å². The highest BCUT2D eigenvalue weighted by molar-refractivity contribution is 7.89. The lowest BCUT2D eigenvalue weighted by Gasteiger charge is -2.17. The highest BCUT2D eigenvalue weighted by atomic mass is 35.5. The maximum atomic E-state index is 12.8. The second kappa shape index (κ2) is 14.8. The van der Waals surface area contributed by atoms with Gasteiger partial charge in [-0.1, -0.05) is 87.7 Å². The van der Waals surface area contributed by atoms with Gasteiger partial charge in [0.05, 0.1) is 4.90 Å². The number of halogens is 1. The number of hydrogen-bond donors (Lipinski definition) is 3. The molecule has 0 fully saturated rings. The first-order valence-corrected chi connectivity index (χ1v) is 14.7. The monoisotopic (exact) mass is 572 g/mol. The average Bonchev–Trinajstić information content (AvgIpc) is 2.89. The molecule has 39 heavy (non-hydrogen) atoms. The summed E-state index contributed by atoms with van der Waals surface area (Å²) in [5, 5.41) is 12.6. The molecule has 3 aromatic carbocycles. The Morgan fingerprint density at radius 2 is 1.56 bits per heavy atom. The lowest BCUT2D eigenvalue weighted by molar-refractivity contribution is -0.138. The Bertz CT molecular complexity index is 1370. The van der Waals surface area contributed by atoms with E-state index < -0.39 is 22.0 Å². The zero-order chi connectivity index (χ0) is 29.2. The van der Waals surface area contributed by atoms with Gasteiger partial charge in [-0.2, -0.15) is 4.72 Å². The van der Waals surface area contributed by atoms with E-state index in [2.05, 4.69) is 30.8 Å². The summed E-state index contributed by atoms with van der Waals surface area (Å²) >= 11 is 6.02. The maximum Gasteiger partial charge on any atom is 0.322 e. The molecule has 0 spiro atoms.